The maximum absolute atomic E-state index is 13.2. The third-order valence-corrected chi connectivity index (χ3v) is 3.90. The summed E-state index contributed by atoms with van der Waals surface area (Å²) in [6.45, 7) is 0. The standard InChI is InChI=1S/C12H16FNOS/c1-15-12-7-9(4-5-11(12)13)14-10-3-2-6-16-8-10/h4-5,7,10,14H,2-3,6,8H2,1H3. The highest BCUT2D eigenvalue weighted by atomic mass is 32.2. The van der Waals surface area contributed by atoms with E-state index in [0.717, 1.165) is 11.4 Å². The lowest BCUT2D eigenvalue weighted by molar-refractivity contribution is 0.386. The summed E-state index contributed by atoms with van der Waals surface area (Å²) in [5.74, 6) is 2.37. The van der Waals surface area contributed by atoms with Crippen LogP contribution in [0.3, 0.4) is 0 Å². The normalized spacial score (nSPS) is 20.5. The van der Waals surface area contributed by atoms with Gasteiger partial charge in [-0.3, -0.25) is 0 Å². The maximum Gasteiger partial charge on any atom is 0.165 e. The number of methoxy groups -OCH3 is 1. The monoisotopic (exact) mass is 241 g/mol. The molecule has 0 bridgehead atoms. The van der Waals surface area contributed by atoms with E-state index in [-0.39, 0.29) is 5.82 Å². The van der Waals surface area contributed by atoms with Crippen molar-refractivity contribution in [1.29, 1.82) is 0 Å². The predicted molar refractivity (Wildman–Crippen MR) is 66.9 cm³/mol. The molecule has 4 heteroatoms. The minimum absolute atomic E-state index is 0.300. The smallest absolute Gasteiger partial charge is 0.165 e. The highest BCUT2D eigenvalue weighted by Crippen LogP contribution is 2.25. The highest BCUT2D eigenvalue weighted by molar-refractivity contribution is 7.99. The predicted octanol–water partition coefficient (Wildman–Crippen LogP) is 3.14. The lowest BCUT2D eigenvalue weighted by Crippen LogP contribution is -2.25. The van der Waals surface area contributed by atoms with E-state index < -0.39 is 0 Å². The van der Waals surface area contributed by atoms with Crippen LogP contribution in [0.2, 0.25) is 0 Å². The molecule has 16 heavy (non-hydrogen) atoms. The number of thioether (sulfide) groups is 1. The molecule has 88 valence electrons. The Balaban J connectivity index is 2.03. The second-order valence-electron chi connectivity index (χ2n) is 3.91. The molecule has 1 saturated heterocycles. The maximum atomic E-state index is 13.2. The van der Waals surface area contributed by atoms with Gasteiger partial charge in [-0.2, -0.15) is 11.8 Å². The molecule has 0 spiro atoms. The summed E-state index contributed by atoms with van der Waals surface area (Å²) in [5.41, 5.74) is 0.936. The lowest BCUT2D eigenvalue weighted by atomic mass is 10.1. The van der Waals surface area contributed by atoms with Gasteiger partial charge in [0, 0.05) is 23.5 Å². The first-order chi connectivity index (χ1) is 7.79. The van der Waals surface area contributed by atoms with Crippen LogP contribution < -0.4 is 10.1 Å². The SMILES string of the molecule is COc1cc(NC2CCCSC2)ccc1F. The van der Waals surface area contributed by atoms with Crippen molar-refractivity contribution in [3.63, 3.8) is 0 Å². The molecule has 1 aliphatic rings. The van der Waals surface area contributed by atoms with E-state index in [4.69, 9.17) is 4.74 Å². The molecule has 0 radical (unpaired) electrons. The number of benzene rings is 1. The summed E-state index contributed by atoms with van der Waals surface area (Å²) in [7, 11) is 1.48. The Morgan fingerprint density at radius 1 is 1.50 bits per heavy atom. The molecule has 1 unspecified atom stereocenters. The molecule has 0 amide bonds. The van der Waals surface area contributed by atoms with E-state index in [1.54, 1.807) is 12.1 Å². The molecule has 1 N–H and O–H groups in total. The number of halogens is 1. The zero-order valence-corrected chi connectivity index (χ0v) is 10.1. The van der Waals surface area contributed by atoms with Crippen molar-refractivity contribution in [1.82, 2.24) is 0 Å². The second kappa shape index (κ2) is 5.43. The van der Waals surface area contributed by atoms with Crippen molar-refractivity contribution in [2.24, 2.45) is 0 Å². The Morgan fingerprint density at radius 3 is 3.06 bits per heavy atom. The van der Waals surface area contributed by atoms with Crippen LogP contribution in [-0.2, 0) is 0 Å². The van der Waals surface area contributed by atoms with Crippen LogP contribution in [-0.4, -0.2) is 24.7 Å². The molecule has 2 nitrogen and oxygen atoms in total. The molecule has 1 atom stereocenters. The van der Waals surface area contributed by atoms with Crippen molar-refractivity contribution < 1.29 is 9.13 Å². The molecule has 1 fully saturated rings. The Hall–Kier alpha value is -0.900. The Bertz CT molecular complexity index is 353. The van der Waals surface area contributed by atoms with E-state index in [9.17, 15) is 4.39 Å². The van der Waals surface area contributed by atoms with Crippen LogP contribution in [0.4, 0.5) is 10.1 Å². The molecule has 1 aromatic rings. The van der Waals surface area contributed by atoms with Gasteiger partial charge in [-0.05, 0) is 30.7 Å². The first kappa shape index (κ1) is 11.6. The highest BCUT2D eigenvalue weighted by Gasteiger charge is 2.14. The summed E-state index contributed by atoms with van der Waals surface area (Å²) in [6, 6.07) is 5.41. The molecule has 0 aliphatic carbocycles. The first-order valence-electron chi connectivity index (χ1n) is 5.47. The first-order valence-corrected chi connectivity index (χ1v) is 6.63. The van der Waals surface area contributed by atoms with Crippen molar-refractivity contribution in [3.8, 4) is 5.75 Å². The van der Waals surface area contributed by atoms with Crippen molar-refractivity contribution in [3.05, 3.63) is 24.0 Å². The number of rotatable bonds is 3. The van der Waals surface area contributed by atoms with Gasteiger partial charge in [0.1, 0.15) is 0 Å². The largest absolute Gasteiger partial charge is 0.494 e. The van der Waals surface area contributed by atoms with E-state index in [2.05, 4.69) is 5.32 Å². The van der Waals surface area contributed by atoms with Gasteiger partial charge in [-0.25, -0.2) is 4.39 Å². The summed E-state index contributed by atoms with van der Waals surface area (Å²) >= 11 is 1.97. The number of ether oxygens (including phenoxy) is 1. The van der Waals surface area contributed by atoms with Crippen LogP contribution >= 0.6 is 11.8 Å². The quantitative estimate of drug-likeness (QED) is 0.878. The van der Waals surface area contributed by atoms with E-state index >= 15 is 0 Å². The van der Waals surface area contributed by atoms with Crippen molar-refractivity contribution in [2.75, 3.05) is 23.9 Å². The lowest BCUT2D eigenvalue weighted by Gasteiger charge is -2.23. The molecule has 1 aliphatic heterocycles. The molecular formula is C12H16FNOS. The zero-order valence-electron chi connectivity index (χ0n) is 9.33. The summed E-state index contributed by atoms with van der Waals surface area (Å²) in [4.78, 5) is 0. The molecule has 0 saturated carbocycles. The summed E-state index contributed by atoms with van der Waals surface area (Å²) < 4.78 is 18.1. The minimum atomic E-state index is -0.314. The average molecular weight is 241 g/mol. The van der Waals surface area contributed by atoms with Gasteiger partial charge >= 0.3 is 0 Å². The van der Waals surface area contributed by atoms with Crippen LogP contribution in [0.25, 0.3) is 0 Å². The zero-order chi connectivity index (χ0) is 11.4. The third kappa shape index (κ3) is 2.82. The topological polar surface area (TPSA) is 21.3 Å². The van der Waals surface area contributed by atoms with Crippen LogP contribution in [0.15, 0.2) is 18.2 Å². The van der Waals surface area contributed by atoms with Gasteiger partial charge in [0.25, 0.3) is 0 Å². The molecule has 1 heterocycles. The molecule has 0 aromatic heterocycles. The molecular weight excluding hydrogens is 225 g/mol. The minimum Gasteiger partial charge on any atom is -0.494 e. The molecule has 1 aromatic carbocycles. The number of hydrogen-bond acceptors (Lipinski definition) is 3. The van der Waals surface area contributed by atoms with Crippen LogP contribution in [0.1, 0.15) is 12.8 Å². The average Bonchev–Trinajstić information content (AvgIpc) is 2.33. The summed E-state index contributed by atoms with van der Waals surface area (Å²) in [6.07, 6.45) is 2.44. The van der Waals surface area contributed by atoms with E-state index in [1.807, 2.05) is 11.8 Å². The van der Waals surface area contributed by atoms with Crippen LogP contribution in [0.5, 0.6) is 5.75 Å². The summed E-state index contributed by atoms with van der Waals surface area (Å²) in [5, 5.41) is 3.42. The van der Waals surface area contributed by atoms with Gasteiger partial charge in [-0.15, -0.1) is 0 Å². The Kier molecular flexibility index (Phi) is 3.93. The van der Waals surface area contributed by atoms with Gasteiger partial charge in [0.2, 0.25) is 0 Å². The Morgan fingerprint density at radius 2 is 2.38 bits per heavy atom. The van der Waals surface area contributed by atoms with E-state index in [1.165, 1.54) is 31.8 Å². The van der Waals surface area contributed by atoms with Gasteiger partial charge < -0.3 is 10.1 Å². The van der Waals surface area contributed by atoms with Gasteiger partial charge in [0.15, 0.2) is 11.6 Å². The second-order valence-corrected chi connectivity index (χ2v) is 5.06. The third-order valence-electron chi connectivity index (χ3n) is 2.68. The Labute approximate surface area is 99.6 Å². The van der Waals surface area contributed by atoms with Gasteiger partial charge in [-0.1, -0.05) is 0 Å². The van der Waals surface area contributed by atoms with E-state index in [0.29, 0.717) is 11.8 Å². The molecule has 2 rings (SSSR count). The van der Waals surface area contributed by atoms with Gasteiger partial charge in [0.05, 0.1) is 7.11 Å². The fraction of sp³-hybridized carbons (Fsp3) is 0.500. The number of nitrogens with one attached hydrogen (secondary N) is 1. The number of anilines is 1. The van der Waals surface area contributed by atoms with Crippen LogP contribution in [0, 0.1) is 5.82 Å². The fourth-order valence-corrected chi connectivity index (χ4v) is 2.91. The van der Waals surface area contributed by atoms with Crippen molar-refractivity contribution in [2.45, 2.75) is 18.9 Å². The fourth-order valence-electron chi connectivity index (χ4n) is 1.84. The van der Waals surface area contributed by atoms with Crippen molar-refractivity contribution >= 4 is 17.4 Å². The number of hydrogen-bond donors (Lipinski definition) is 1.